The Labute approximate surface area is 123 Å². The molecule has 0 aliphatic carbocycles. The van der Waals surface area contributed by atoms with Crippen molar-refractivity contribution in [2.45, 2.75) is 26.4 Å². The van der Waals surface area contributed by atoms with E-state index < -0.39 is 29.2 Å². The summed E-state index contributed by atoms with van der Waals surface area (Å²) in [4.78, 5) is 12.1. The van der Waals surface area contributed by atoms with E-state index in [0.29, 0.717) is 30.3 Å². The maximum absolute atomic E-state index is 13.6. The van der Waals surface area contributed by atoms with E-state index in [0.717, 1.165) is 0 Å². The second kappa shape index (κ2) is 5.78. The molecule has 0 saturated carbocycles. The Morgan fingerprint density at radius 3 is 2.64 bits per heavy atom. The quantitative estimate of drug-likeness (QED) is 0.872. The van der Waals surface area contributed by atoms with Gasteiger partial charge in [0.1, 0.15) is 17.1 Å². The molecule has 1 aromatic carbocycles. The number of hydrogen-bond donors (Lipinski definition) is 1. The Hall–Kier alpha value is -2.38. The Bertz CT molecular complexity index is 707. The smallest absolute Gasteiger partial charge is 0.361 e. The number of aryl methyl sites for hydroxylation is 2. The van der Waals surface area contributed by atoms with Crippen LogP contribution in [0, 0.1) is 12.7 Å². The number of benzene rings is 1. The third kappa shape index (κ3) is 3.10. The molecule has 2 rings (SSSR count). The van der Waals surface area contributed by atoms with Gasteiger partial charge in [-0.05, 0) is 31.5 Å². The minimum Gasteiger partial charge on any atom is -0.361 e. The number of halogens is 4. The van der Waals surface area contributed by atoms with E-state index in [1.807, 2.05) is 0 Å². The maximum atomic E-state index is 13.6. The molecule has 118 valence electrons. The van der Waals surface area contributed by atoms with Gasteiger partial charge in [-0.25, -0.2) is 4.39 Å². The Morgan fingerprint density at radius 1 is 1.36 bits per heavy atom. The third-order valence-electron chi connectivity index (χ3n) is 3.04. The Kier molecular flexibility index (Phi) is 4.20. The van der Waals surface area contributed by atoms with Crippen LogP contribution in [-0.4, -0.2) is 11.1 Å². The first kappa shape index (κ1) is 16.0. The second-order valence-corrected chi connectivity index (χ2v) is 4.56. The molecule has 1 heterocycles. The molecule has 8 heteroatoms. The number of nitrogens with zero attached hydrogens (tertiary/aromatic N) is 1. The number of anilines is 1. The zero-order chi connectivity index (χ0) is 16.5. The highest BCUT2D eigenvalue weighted by Crippen LogP contribution is 2.32. The van der Waals surface area contributed by atoms with Crippen LogP contribution in [0.2, 0.25) is 0 Å². The lowest BCUT2D eigenvalue weighted by Crippen LogP contribution is -2.16. The highest BCUT2D eigenvalue weighted by molar-refractivity contribution is 6.05. The fourth-order valence-corrected chi connectivity index (χ4v) is 1.93. The fourth-order valence-electron chi connectivity index (χ4n) is 1.93. The predicted octanol–water partition coefficient (Wildman–Crippen LogP) is 3.96. The van der Waals surface area contributed by atoms with Crippen LogP contribution in [0.25, 0.3) is 0 Å². The maximum Gasteiger partial charge on any atom is 0.416 e. The number of carbonyl (C=O) groups is 1. The van der Waals surface area contributed by atoms with Crippen molar-refractivity contribution in [3.63, 3.8) is 0 Å². The van der Waals surface area contributed by atoms with E-state index in [-0.39, 0.29) is 11.3 Å². The van der Waals surface area contributed by atoms with Crippen molar-refractivity contribution in [2.75, 3.05) is 5.32 Å². The minimum atomic E-state index is -4.63. The van der Waals surface area contributed by atoms with Gasteiger partial charge < -0.3 is 9.84 Å². The van der Waals surface area contributed by atoms with E-state index >= 15 is 0 Å². The Balaban J connectivity index is 2.34. The number of hydrogen-bond acceptors (Lipinski definition) is 3. The molecule has 0 saturated heterocycles. The van der Waals surface area contributed by atoms with E-state index in [9.17, 15) is 22.4 Å². The summed E-state index contributed by atoms with van der Waals surface area (Å²) in [6.45, 7) is 3.22. The predicted molar refractivity (Wildman–Crippen MR) is 70.0 cm³/mol. The van der Waals surface area contributed by atoms with Crippen molar-refractivity contribution in [1.29, 1.82) is 0 Å². The van der Waals surface area contributed by atoms with Crippen molar-refractivity contribution in [3.05, 3.63) is 46.6 Å². The van der Waals surface area contributed by atoms with Crippen LogP contribution in [0.1, 0.15) is 34.3 Å². The second-order valence-electron chi connectivity index (χ2n) is 4.56. The highest BCUT2D eigenvalue weighted by Gasteiger charge is 2.31. The summed E-state index contributed by atoms with van der Waals surface area (Å²) in [7, 11) is 0. The number of alkyl halides is 3. The molecule has 1 aromatic heterocycles. The van der Waals surface area contributed by atoms with Gasteiger partial charge in [-0.15, -0.1) is 0 Å². The first-order valence-electron chi connectivity index (χ1n) is 6.37. The van der Waals surface area contributed by atoms with Gasteiger partial charge in [-0.3, -0.25) is 4.79 Å². The molecule has 0 spiro atoms. The molecule has 2 aromatic rings. The van der Waals surface area contributed by atoms with Gasteiger partial charge in [0.15, 0.2) is 0 Å². The number of nitrogens with one attached hydrogen (secondary N) is 1. The van der Waals surface area contributed by atoms with Crippen molar-refractivity contribution in [2.24, 2.45) is 0 Å². The topological polar surface area (TPSA) is 55.1 Å². The monoisotopic (exact) mass is 316 g/mol. The van der Waals surface area contributed by atoms with Crippen LogP contribution < -0.4 is 5.32 Å². The molecule has 1 N–H and O–H groups in total. The SMILES string of the molecule is CCc1noc(C)c1C(=O)Nc1cc(C(F)(F)F)ccc1F. The molecule has 22 heavy (non-hydrogen) atoms. The molecule has 0 bridgehead atoms. The van der Waals surface area contributed by atoms with Crippen molar-refractivity contribution >= 4 is 11.6 Å². The summed E-state index contributed by atoms with van der Waals surface area (Å²) in [6, 6.07) is 1.80. The number of aromatic nitrogens is 1. The first-order valence-corrected chi connectivity index (χ1v) is 6.37. The van der Waals surface area contributed by atoms with Crippen LogP contribution in [0.4, 0.5) is 23.2 Å². The molecule has 0 radical (unpaired) electrons. The standard InChI is InChI=1S/C14H12F4N2O2/c1-3-10-12(7(2)22-20-10)13(21)19-11-6-8(14(16,17)18)4-5-9(11)15/h4-6H,3H2,1-2H3,(H,19,21). The summed E-state index contributed by atoms with van der Waals surface area (Å²) in [5.74, 6) is -1.52. The molecule has 0 fully saturated rings. The highest BCUT2D eigenvalue weighted by atomic mass is 19.4. The lowest BCUT2D eigenvalue weighted by molar-refractivity contribution is -0.137. The third-order valence-corrected chi connectivity index (χ3v) is 3.04. The van der Waals surface area contributed by atoms with E-state index in [2.05, 4.69) is 10.5 Å². The lowest BCUT2D eigenvalue weighted by Gasteiger charge is -2.11. The molecule has 0 unspecified atom stereocenters. The molecular formula is C14H12F4N2O2. The first-order chi connectivity index (χ1) is 10.2. The van der Waals surface area contributed by atoms with Crippen molar-refractivity contribution in [1.82, 2.24) is 5.16 Å². The van der Waals surface area contributed by atoms with Crippen LogP contribution in [0.15, 0.2) is 22.7 Å². The molecule has 1 amide bonds. The van der Waals surface area contributed by atoms with Crippen LogP contribution in [-0.2, 0) is 12.6 Å². The lowest BCUT2D eigenvalue weighted by atomic mass is 10.1. The van der Waals surface area contributed by atoms with Gasteiger partial charge in [0.25, 0.3) is 5.91 Å². The molecule has 0 aliphatic heterocycles. The molecular weight excluding hydrogens is 304 g/mol. The molecule has 0 atom stereocenters. The summed E-state index contributed by atoms with van der Waals surface area (Å²) >= 11 is 0. The minimum absolute atomic E-state index is 0.0966. The molecule has 4 nitrogen and oxygen atoms in total. The van der Waals surface area contributed by atoms with E-state index in [1.165, 1.54) is 6.92 Å². The van der Waals surface area contributed by atoms with Crippen molar-refractivity contribution in [3.8, 4) is 0 Å². The van der Waals surface area contributed by atoms with E-state index in [4.69, 9.17) is 4.52 Å². The van der Waals surface area contributed by atoms with E-state index in [1.54, 1.807) is 6.92 Å². The Morgan fingerprint density at radius 2 is 2.05 bits per heavy atom. The van der Waals surface area contributed by atoms with Gasteiger partial charge in [-0.2, -0.15) is 13.2 Å². The number of amides is 1. The molecule has 0 aliphatic rings. The van der Waals surface area contributed by atoms with Crippen molar-refractivity contribution < 1.29 is 26.9 Å². The summed E-state index contributed by atoms with van der Waals surface area (Å²) in [5, 5.41) is 5.79. The van der Waals surface area contributed by atoms with Gasteiger partial charge in [0.05, 0.1) is 16.9 Å². The van der Waals surface area contributed by atoms with Gasteiger partial charge in [0, 0.05) is 0 Å². The van der Waals surface area contributed by atoms with Gasteiger partial charge in [-0.1, -0.05) is 12.1 Å². The average molecular weight is 316 g/mol. The average Bonchev–Trinajstić information content (AvgIpc) is 2.81. The van der Waals surface area contributed by atoms with Crippen LogP contribution in [0.3, 0.4) is 0 Å². The van der Waals surface area contributed by atoms with Crippen LogP contribution in [0.5, 0.6) is 0 Å². The zero-order valence-corrected chi connectivity index (χ0v) is 11.7. The largest absolute Gasteiger partial charge is 0.416 e. The summed E-state index contributed by atoms with van der Waals surface area (Å²) < 4.78 is 56.4. The normalized spacial score (nSPS) is 11.5. The number of rotatable bonds is 3. The van der Waals surface area contributed by atoms with Crippen LogP contribution >= 0.6 is 0 Å². The van der Waals surface area contributed by atoms with Gasteiger partial charge in [0.2, 0.25) is 0 Å². The van der Waals surface area contributed by atoms with Gasteiger partial charge >= 0.3 is 6.18 Å². The summed E-state index contributed by atoms with van der Waals surface area (Å²) in [5.41, 5.74) is -1.16. The zero-order valence-electron chi connectivity index (χ0n) is 11.7. The number of carbonyl (C=O) groups excluding carboxylic acids is 1. The fraction of sp³-hybridized carbons (Fsp3) is 0.286. The summed E-state index contributed by atoms with van der Waals surface area (Å²) in [6.07, 6.45) is -4.24.